The van der Waals surface area contributed by atoms with Crippen LogP contribution >= 0.6 is 0 Å². The van der Waals surface area contributed by atoms with Crippen molar-refractivity contribution in [1.82, 2.24) is 0 Å². The van der Waals surface area contributed by atoms with Crippen LogP contribution in [0, 0.1) is 0 Å². The molecule has 0 amide bonds. The van der Waals surface area contributed by atoms with Gasteiger partial charge in [0.15, 0.2) is 0 Å². The van der Waals surface area contributed by atoms with Crippen LogP contribution in [0.3, 0.4) is 0 Å². The molecule has 0 spiro atoms. The normalized spacial score (nSPS) is 12.5. The summed E-state index contributed by atoms with van der Waals surface area (Å²) in [7, 11) is 0. The summed E-state index contributed by atoms with van der Waals surface area (Å²) >= 11 is 0. The van der Waals surface area contributed by atoms with E-state index in [4.69, 9.17) is 10.5 Å². The largest absolute Gasteiger partial charge is 0.491 e. The zero-order valence-electron chi connectivity index (χ0n) is 8.29. The second kappa shape index (κ2) is 4.75. The van der Waals surface area contributed by atoms with Crippen LogP contribution in [0.25, 0.3) is 0 Å². The molecule has 1 aromatic carbocycles. The van der Waals surface area contributed by atoms with Crippen LogP contribution in [-0.2, 0) is 0 Å². The Labute approximate surface area is 79.7 Å². The standard InChI is InChI=1S/C11H17NO/c1-3-5-9(2)13-11-7-4-6-10(12)8-11/h4,6-9H,3,5,12H2,1-2H3/t9-/m1/s1. The van der Waals surface area contributed by atoms with Gasteiger partial charge >= 0.3 is 0 Å². The quantitative estimate of drug-likeness (QED) is 0.721. The highest BCUT2D eigenvalue weighted by molar-refractivity contribution is 5.43. The van der Waals surface area contributed by atoms with E-state index in [-0.39, 0.29) is 6.10 Å². The van der Waals surface area contributed by atoms with E-state index >= 15 is 0 Å². The Morgan fingerprint density at radius 1 is 1.46 bits per heavy atom. The van der Waals surface area contributed by atoms with Gasteiger partial charge in [-0.25, -0.2) is 0 Å². The molecule has 0 unspecified atom stereocenters. The lowest BCUT2D eigenvalue weighted by atomic mass is 10.2. The van der Waals surface area contributed by atoms with E-state index in [2.05, 4.69) is 13.8 Å². The molecule has 72 valence electrons. The maximum atomic E-state index is 5.66. The minimum Gasteiger partial charge on any atom is -0.491 e. The third-order valence-electron chi connectivity index (χ3n) is 1.89. The maximum Gasteiger partial charge on any atom is 0.121 e. The minimum atomic E-state index is 0.270. The maximum absolute atomic E-state index is 5.66. The molecule has 0 heterocycles. The average Bonchev–Trinajstić information content (AvgIpc) is 2.04. The van der Waals surface area contributed by atoms with Crippen molar-refractivity contribution in [2.24, 2.45) is 0 Å². The molecule has 1 atom stereocenters. The number of hydrogen-bond donors (Lipinski definition) is 1. The van der Waals surface area contributed by atoms with Gasteiger partial charge in [-0.1, -0.05) is 19.4 Å². The lowest BCUT2D eigenvalue weighted by molar-refractivity contribution is 0.210. The van der Waals surface area contributed by atoms with Crippen LogP contribution in [0.4, 0.5) is 5.69 Å². The molecule has 0 aromatic heterocycles. The fourth-order valence-electron chi connectivity index (χ4n) is 1.29. The average molecular weight is 179 g/mol. The van der Waals surface area contributed by atoms with Gasteiger partial charge in [-0.3, -0.25) is 0 Å². The zero-order chi connectivity index (χ0) is 9.68. The minimum absolute atomic E-state index is 0.270. The molecule has 0 aliphatic rings. The summed E-state index contributed by atoms with van der Waals surface area (Å²) in [5.41, 5.74) is 6.38. The molecular weight excluding hydrogens is 162 g/mol. The highest BCUT2D eigenvalue weighted by Gasteiger charge is 2.01. The molecular formula is C11H17NO. The summed E-state index contributed by atoms with van der Waals surface area (Å²) in [5.74, 6) is 0.862. The Morgan fingerprint density at radius 2 is 2.23 bits per heavy atom. The van der Waals surface area contributed by atoms with Gasteiger partial charge in [-0.05, 0) is 25.5 Å². The molecule has 0 aliphatic carbocycles. The number of benzene rings is 1. The monoisotopic (exact) mass is 179 g/mol. The lowest BCUT2D eigenvalue weighted by Gasteiger charge is -2.13. The van der Waals surface area contributed by atoms with Crippen molar-refractivity contribution >= 4 is 5.69 Å². The second-order valence-electron chi connectivity index (χ2n) is 3.29. The number of anilines is 1. The van der Waals surface area contributed by atoms with Crippen molar-refractivity contribution in [3.05, 3.63) is 24.3 Å². The Kier molecular flexibility index (Phi) is 3.62. The highest BCUT2D eigenvalue weighted by Crippen LogP contribution is 2.17. The summed E-state index contributed by atoms with van der Waals surface area (Å²) in [6, 6.07) is 7.55. The molecule has 0 saturated carbocycles. The zero-order valence-corrected chi connectivity index (χ0v) is 8.29. The fraction of sp³-hybridized carbons (Fsp3) is 0.455. The van der Waals surface area contributed by atoms with Gasteiger partial charge in [-0.15, -0.1) is 0 Å². The van der Waals surface area contributed by atoms with Gasteiger partial charge in [0.05, 0.1) is 6.10 Å². The van der Waals surface area contributed by atoms with Crippen molar-refractivity contribution in [1.29, 1.82) is 0 Å². The number of ether oxygens (including phenoxy) is 1. The summed E-state index contributed by atoms with van der Waals surface area (Å²) in [6.07, 6.45) is 2.49. The summed E-state index contributed by atoms with van der Waals surface area (Å²) in [4.78, 5) is 0. The van der Waals surface area contributed by atoms with E-state index in [1.54, 1.807) is 0 Å². The number of hydrogen-bond acceptors (Lipinski definition) is 2. The molecule has 1 rings (SSSR count). The topological polar surface area (TPSA) is 35.2 Å². The SMILES string of the molecule is CCC[C@@H](C)Oc1cccc(N)c1. The molecule has 13 heavy (non-hydrogen) atoms. The fourth-order valence-corrected chi connectivity index (χ4v) is 1.29. The van der Waals surface area contributed by atoms with Crippen LogP contribution in [-0.4, -0.2) is 6.10 Å². The first-order valence-corrected chi connectivity index (χ1v) is 4.74. The van der Waals surface area contributed by atoms with Crippen molar-refractivity contribution < 1.29 is 4.74 Å². The van der Waals surface area contributed by atoms with Gasteiger partial charge in [0.2, 0.25) is 0 Å². The third kappa shape index (κ3) is 3.36. The van der Waals surface area contributed by atoms with Crippen molar-refractivity contribution in [2.45, 2.75) is 32.8 Å². The van der Waals surface area contributed by atoms with E-state index in [0.717, 1.165) is 24.3 Å². The smallest absolute Gasteiger partial charge is 0.121 e. The predicted octanol–water partition coefficient (Wildman–Crippen LogP) is 2.84. The molecule has 0 bridgehead atoms. The summed E-state index contributed by atoms with van der Waals surface area (Å²) in [6.45, 7) is 4.23. The summed E-state index contributed by atoms with van der Waals surface area (Å²) in [5, 5.41) is 0. The molecule has 0 radical (unpaired) electrons. The van der Waals surface area contributed by atoms with Crippen LogP contribution in [0.5, 0.6) is 5.75 Å². The molecule has 0 saturated heterocycles. The van der Waals surface area contributed by atoms with E-state index in [1.165, 1.54) is 0 Å². The molecule has 0 aliphatic heterocycles. The van der Waals surface area contributed by atoms with Gasteiger partial charge in [0, 0.05) is 11.8 Å². The van der Waals surface area contributed by atoms with E-state index < -0.39 is 0 Å². The molecule has 2 nitrogen and oxygen atoms in total. The third-order valence-corrected chi connectivity index (χ3v) is 1.89. The molecule has 2 N–H and O–H groups in total. The van der Waals surface area contributed by atoms with Crippen molar-refractivity contribution in [3.63, 3.8) is 0 Å². The number of nitrogens with two attached hydrogens (primary N) is 1. The van der Waals surface area contributed by atoms with Crippen LogP contribution in [0.2, 0.25) is 0 Å². The molecule has 2 heteroatoms. The van der Waals surface area contributed by atoms with Crippen LogP contribution in [0.1, 0.15) is 26.7 Å². The highest BCUT2D eigenvalue weighted by atomic mass is 16.5. The van der Waals surface area contributed by atoms with Crippen molar-refractivity contribution in [2.75, 3.05) is 5.73 Å². The first-order valence-electron chi connectivity index (χ1n) is 4.74. The van der Waals surface area contributed by atoms with E-state index in [9.17, 15) is 0 Å². The predicted molar refractivity (Wildman–Crippen MR) is 55.9 cm³/mol. The summed E-state index contributed by atoms with van der Waals surface area (Å²) < 4.78 is 5.66. The van der Waals surface area contributed by atoms with E-state index in [1.807, 2.05) is 24.3 Å². The Morgan fingerprint density at radius 3 is 2.85 bits per heavy atom. The Bertz CT molecular complexity index is 260. The number of nitrogen functional groups attached to an aromatic ring is 1. The van der Waals surface area contributed by atoms with Gasteiger partial charge < -0.3 is 10.5 Å². The van der Waals surface area contributed by atoms with Crippen LogP contribution < -0.4 is 10.5 Å². The Balaban J connectivity index is 2.53. The van der Waals surface area contributed by atoms with E-state index in [0.29, 0.717) is 0 Å². The number of rotatable bonds is 4. The van der Waals surface area contributed by atoms with Gasteiger partial charge in [0.1, 0.15) is 5.75 Å². The van der Waals surface area contributed by atoms with Gasteiger partial charge in [-0.2, -0.15) is 0 Å². The molecule has 1 aromatic rings. The second-order valence-corrected chi connectivity index (χ2v) is 3.29. The lowest BCUT2D eigenvalue weighted by Crippen LogP contribution is -2.10. The molecule has 0 fully saturated rings. The van der Waals surface area contributed by atoms with Crippen molar-refractivity contribution in [3.8, 4) is 5.75 Å². The first-order chi connectivity index (χ1) is 6.22. The Hall–Kier alpha value is -1.18. The van der Waals surface area contributed by atoms with Crippen LogP contribution in [0.15, 0.2) is 24.3 Å². The van der Waals surface area contributed by atoms with Gasteiger partial charge in [0.25, 0.3) is 0 Å². The first kappa shape index (κ1) is 9.90.